The quantitative estimate of drug-likeness (QED) is 0.428. The van der Waals surface area contributed by atoms with Gasteiger partial charge in [-0.1, -0.05) is 0 Å². The molecule has 0 aromatic heterocycles. The molecule has 1 atom stereocenters. The van der Waals surface area contributed by atoms with Crippen LogP contribution in [-0.2, 0) is 0 Å². The molecule has 4 nitrogen and oxygen atoms in total. The van der Waals surface area contributed by atoms with Crippen molar-refractivity contribution in [2.24, 2.45) is 11.7 Å². The van der Waals surface area contributed by atoms with Crippen molar-refractivity contribution in [1.29, 1.82) is 5.41 Å². The third-order valence-electron chi connectivity index (χ3n) is 2.19. The first-order valence-electron chi connectivity index (χ1n) is 4.10. The maximum absolute atomic E-state index is 8.76. The van der Waals surface area contributed by atoms with Gasteiger partial charge in [0.15, 0.2) is 0 Å². The summed E-state index contributed by atoms with van der Waals surface area (Å²) in [7, 11) is 0. The van der Waals surface area contributed by atoms with Crippen molar-refractivity contribution in [3.05, 3.63) is 11.8 Å². The molecule has 0 amide bonds. The molecule has 1 fully saturated rings. The molecule has 68 valence electrons. The van der Waals surface area contributed by atoms with Crippen LogP contribution >= 0.6 is 0 Å². The summed E-state index contributed by atoms with van der Waals surface area (Å²) in [6.45, 7) is 1.62. The minimum Gasteiger partial charge on any atom is -0.404 e. The molecule has 0 aromatic rings. The predicted molar refractivity (Wildman–Crippen MR) is 48.1 cm³/mol. The Balaban J connectivity index is 2.61. The molecule has 0 radical (unpaired) electrons. The number of rotatable bonds is 3. The van der Waals surface area contributed by atoms with Crippen LogP contribution in [-0.4, -0.2) is 30.5 Å². The van der Waals surface area contributed by atoms with Crippen molar-refractivity contribution in [2.45, 2.75) is 6.42 Å². The Kier molecular flexibility index (Phi) is 3.25. The molecule has 0 saturated carbocycles. The van der Waals surface area contributed by atoms with Crippen molar-refractivity contribution in [3.63, 3.8) is 0 Å². The average molecular weight is 169 g/mol. The number of aliphatic hydroxyl groups is 1. The summed E-state index contributed by atoms with van der Waals surface area (Å²) in [4.78, 5) is 0. The van der Waals surface area contributed by atoms with Gasteiger partial charge in [-0.25, -0.2) is 0 Å². The fraction of sp³-hybridized carbons (Fsp3) is 0.625. The smallest absolute Gasteiger partial charge is 0.0849 e. The van der Waals surface area contributed by atoms with E-state index in [1.165, 1.54) is 6.20 Å². The van der Waals surface area contributed by atoms with Gasteiger partial charge in [0, 0.05) is 12.5 Å². The second kappa shape index (κ2) is 4.23. The van der Waals surface area contributed by atoms with E-state index in [1.54, 1.807) is 0 Å². The molecule has 1 aliphatic heterocycles. The summed E-state index contributed by atoms with van der Waals surface area (Å²) >= 11 is 0. The standard InChI is InChI=1S/C8H15N3O/c9-3-7(8(10)5-12)6-1-2-11-4-6/h3,6,10-12H,1-2,4-5,9H2/b7-3-,10-8?. The van der Waals surface area contributed by atoms with Crippen LogP contribution in [0.1, 0.15) is 6.42 Å². The van der Waals surface area contributed by atoms with Crippen molar-refractivity contribution < 1.29 is 5.11 Å². The Morgan fingerprint density at radius 2 is 2.50 bits per heavy atom. The van der Waals surface area contributed by atoms with Gasteiger partial charge in [-0.15, -0.1) is 0 Å². The highest BCUT2D eigenvalue weighted by atomic mass is 16.3. The lowest BCUT2D eigenvalue weighted by Crippen LogP contribution is -2.19. The highest BCUT2D eigenvalue weighted by Gasteiger charge is 2.20. The molecular formula is C8H15N3O. The maximum atomic E-state index is 8.76. The molecule has 0 bridgehead atoms. The minimum absolute atomic E-state index is 0.223. The molecule has 0 aliphatic carbocycles. The largest absolute Gasteiger partial charge is 0.404 e. The average Bonchev–Trinajstić information content (AvgIpc) is 2.58. The summed E-state index contributed by atoms with van der Waals surface area (Å²) < 4.78 is 0. The SMILES string of the molecule is N=C(CO)/C(=C\N)C1CCNC1. The van der Waals surface area contributed by atoms with Crippen LogP contribution in [0.5, 0.6) is 0 Å². The molecule has 1 aliphatic rings. The lowest BCUT2D eigenvalue weighted by Gasteiger charge is -2.12. The summed E-state index contributed by atoms with van der Waals surface area (Å²) in [5, 5.41) is 19.4. The number of hydrogen-bond acceptors (Lipinski definition) is 4. The van der Waals surface area contributed by atoms with E-state index in [4.69, 9.17) is 16.2 Å². The summed E-state index contributed by atoms with van der Waals surface area (Å²) in [5.74, 6) is 0.314. The topological polar surface area (TPSA) is 82.1 Å². The van der Waals surface area contributed by atoms with Gasteiger partial charge in [-0.2, -0.15) is 0 Å². The van der Waals surface area contributed by atoms with E-state index in [0.717, 1.165) is 25.1 Å². The van der Waals surface area contributed by atoms with E-state index in [2.05, 4.69) is 5.32 Å². The zero-order chi connectivity index (χ0) is 8.97. The van der Waals surface area contributed by atoms with Crippen molar-refractivity contribution >= 4 is 5.71 Å². The Bertz CT molecular complexity index is 194. The molecule has 0 aromatic carbocycles. The molecule has 1 saturated heterocycles. The van der Waals surface area contributed by atoms with E-state index in [9.17, 15) is 0 Å². The van der Waals surface area contributed by atoms with Crippen LogP contribution in [0.3, 0.4) is 0 Å². The van der Waals surface area contributed by atoms with Crippen molar-refractivity contribution in [1.82, 2.24) is 5.32 Å². The molecule has 0 spiro atoms. The lowest BCUT2D eigenvalue weighted by atomic mass is 9.95. The van der Waals surface area contributed by atoms with Crippen molar-refractivity contribution in [2.75, 3.05) is 19.7 Å². The maximum Gasteiger partial charge on any atom is 0.0849 e. The van der Waals surface area contributed by atoms with Crippen LogP contribution in [0.15, 0.2) is 11.8 Å². The molecule has 5 N–H and O–H groups in total. The molecule has 1 rings (SSSR count). The second-order valence-corrected chi connectivity index (χ2v) is 2.95. The van der Waals surface area contributed by atoms with Gasteiger partial charge in [0.1, 0.15) is 0 Å². The first-order chi connectivity index (χ1) is 5.79. The van der Waals surface area contributed by atoms with Gasteiger partial charge in [0.25, 0.3) is 0 Å². The Morgan fingerprint density at radius 1 is 1.75 bits per heavy atom. The molecular weight excluding hydrogens is 154 g/mol. The summed E-state index contributed by atoms with van der Waals surface area (Å²) in [5.41, 5.74) is 6.41. The van der Waals surface area contributed by atoms with E-state index >= 15 is 0 Å². The van der Waals surface area contributed by atoms with Crippen LogP contribution in [0.2, 0.25) is 0 Å². The van der Waals surface area contributed by atoms with Crippen LogP contribution in [0.4, 0.5) is 0 Å². The van der Waals surface area contributed by atoms with Crippen LogP contribution in [0, 0.1) is 11.3 Å². The molecule has 12 heavy (non-hydrogen) atoms. The number of aliphatic hydroxyl groups excluding tert-OH is 1. The van der Waals surface area contributed by atoms with E-state index in [0.29, 0.717) is 5.92 Å². The highest BCUT2D eigenvalue weighted by molar-refractivity contribution is 5.98. The zero-order valence-corrected chi connectivity index (χ0v) is 7.01. The van der Waals surface area contributed by atoms with Crippen molar-refractivity contribution in [3.8, 4) is 0 Å². The first kappa shape index (κ1) is 9.22. The van der Waals surface area contributed by atoms with E-state index in [-0.39, 0.29) is 12.3 Å². The third-order valence-corrected chi connectivity index (χ3v) is 2.19. The summed E-state index contributed by atoms with van der Waals surface area (Å²) in [6, 6.07) is 0. The minimum atomic E-state index is -0.223. The third kappa shape index (κ3) is 1.84. The van der Waals surface area contributed by atoms with Gasteiger partial charge in [0.2, 0.25) is 0 Å². The summed E-state index contributed by atoms with van der Waals surface area (Å²) in [6.07, 6.45) is 2.45. The van der Waals surface area contributed by atoms with E-state index in [1.807, 2.05) is 0 Å². The fourth-order valence-electron chi connectivity index (χ4n) is 1.49. The Morgan fingerprint density at radius 3 is 2.92 bits per heavy atom. The van der Waals surface area contributed by atoms with Gasteiger partial charge in [-0.3, -0.25) is 0 Å². The Hall–Kier alpha value is -0.870. The lowest BCUT2D eigenvalue weighted by molar-refractivity contribution is 0.355. The zero-order valence-electron chi connectivity index (χ0n) is 7.01. The van der Waals surface area contributed by atoms with Gasteiger partial charge >= 0.3 is 0 Å². The van der Waals surface area contributed by atoms with Gasteiger partial charge in [-0.05, 0) is 24.7 Å². The van der Waals surface area contributed by atoms with Gasteiger partial charge in [0.05, 0.1) is 12.3 Å². The first-order valence-corrected chi connectivity index (χ1v) is 4.10. The fourth-order valence-corrected chi connectivity index (χ4v) is 1.49. The number of nitrogens with two attached hydrogens (primary N) is 1. The highest BCUT2D eigenvalue weighted by Crippen LogP contribution is 2.18. The molecule has 4 heteroatoms. The number of nitrogens with one attached hydrogen (secondary N) is 2. The number of hydrogen-bond donors (Lipinski definition) is 4. The Labute approximate surface area is 72.0 Å². The van der Waals surface area contributed by atoms with E-state index < -0.39 is 0 Å². The van der Waals surface area contributed by atoms with Crippen LogP contribution in [0.25, 0.3) is 0 Å². The van der Waals surface area contributed by atoms with Crippen LogP contribution < -0.4 is 11.1 Å². The monoisotopic (exact) mass is 169 g/mol. The molecule has 1 heterocycles. The van der Waals surface area contributed by atoms with Gasteiger partial charge < -0.3 is 21.6 Å². The molecule has 1 unspecified atom stereocenters. The second-order valence-electron chi connectivity index (χ2n) is 2.95. The normalized spacial score (nSPS) is 24.4. The predicted octanol–water partition coefficient (Wildman–Crippen LogP) is -0.549.